The Hall–Kier alpha value is -0.650. The monoisotopic (exact) mass is 231 g/mol. The van der Waals surface area contributed by atoms with Crippen molar-refractivity contribution in [2.75, 3.05) is 26.9 Å². The van der Waals surface area contributed by atoms with Crippen molar-refractivity contribution in [1.29, 1.82) is 0 Å². The van der Waals surface area contributed by atoms with Crippen molar-refractivity contribution in [3.8, 4) is 0 Å². The van der Waals surface area contributed by atoms with E-state index in [9.17, 15) is 4.79 Å². The highest BCUT2D eigenvalue weighted by atomic mass is 16.7. The van der Waals surface area contributed by atoms with Crippen LogP contribution in [-0.4, -0.2) is 44.7 Å². The van der Waals surface area contributed by atoms with E-state index in [2.05, 4.69) is 10.1 Å². The van der Waals surface area contributed by atoms with Gasteiger partial charge in [-0.05, 0) is 26.8 Å². The number of hydrogen-bond acceptors (Lipinski definition) is 5. The molecule has 0 aliphatic carbocycles. The number of rotatable bonds is 5. The van der Waals surface area contributed by atoms with Crippen molar-refractivity contribution < 1.29 is 19.0 Å². The predicted molar refractivity (Wildman–Crippen MR) is 59.0 cm³/mol. The molecule has 0 bridgehead atoms. The van der Waals surface area contributed by atoms with E-state index < -0.39 is 5.79 Å². The number of ether oxygens (including phenoxy) is 3. The van der Waals surface area contributed by atoms with Crippen LogP contribution in [0.5, 0.6) is 0 Å². The standard InChI is InChI=1S/C11H21NO4/c1-11(2)15-7-9(8-16-11)12-6-4-5-10(13)14-3/h9,12H,4-8H2,1-3H3. The normalized spacial score (nSPS) is 20.7. The van der Waals surface area contributed by atoms with Crippen LogP contribution in [0.15, 0.2) is 0 Å². The predicted octanol–water partition coefficient (Wildman–Crippen LogP) is 0.681. The summed E-state index contributed by atoms with van der Waals surface area (Å²) in [6, 6.07) is 0.214. The van der Waals surface area contributed by atoms with Gasteiger partial charge in [0.2, 0.25) is 0 Å². The largest absolute Gasteiger partial charge is 0.469 e. The molecule has 0 saturated carbocycles. The number of methoxy groups -OCH3 is 1. The van der Waals surface area contributed by atoms with Crippen molar-refractivity contribution in [3.63, 3.8) is 0 Å². The van der Waals surface area contributed by atoms with Crippen LogP contribution in [0.25, 0.3) is 0 Å². The van der Waals surface area contributed by atoms with Gasteiger partial charge in [-0.1, -0.05) is 0 Å². The molecule has 5 heteroatoms. The van der Waals surface area contributed by atoms with Gasteiger partial charge in [-0.15, -0.1) is 0 Å². The molecule has 1 rings (SSSR count). The Morgan fingerprint density at radius 1 is 1.44 bits per heavy atom. The maximum absolute atomic E-state index is 10.8. The summed E-state index contributed by atoms with van der Waals surface area (Å²) in [5, 5.41) is 3.28. The minimum Gasteiger partial charge on any atom is -0.469 e. The molecule has 1 saturated heterocycles. The highest BCUT2D eigenvalue weighted by molar-refractivity contribution is 5.69. The highest BCUT2D eigenvalue weighted by Gasteiger charge is 2.27. The minimum atomic E-state index is -0.468. The first kappa shape index (κ1) is 13.4. The van der Waals surface area contributed by atoms with Gasteiger partial charge >= 0.3 is 5.97 Å². The lowest BCUT2D eigenvalue weighted by atomic mass is 10.2. The summed E-state index contributed by atoms with van der Waals surface area (Å²) in [4.78, 5) is 10.8. The van der Waals surface area contributed by atoms with Crippen molar-refractivity contribution in [3.05, 3.63) is 0 Å². The molecule has 0 unspecified atom stereocenters. The molecule has 16 heavy (non-hydrogen) atoms. The molecule has 0 aromatic heterocycles. The summed E-state index contributed by atoms with van der Waals surface area (Å²) in [6.45, 7) is 5.87. The maximum atomic E-state index is 10.8. The van der Waals surface area contributed by atoms with E-state index in [1.165, 1.54) is 7.11 Å². The zero-order chi connectivity index (χ0) is 12.0. The van der Waals surface area contributed by atoms with Crippen LogP contribution >= 0.6 is 0 Å². The molecule has 0 aromatic rings. The quantitative estimate of drug-likeness (QED) is 0.557. The second-order valence-corrected chi connectivity index (χ2v) is 4.35. The van der Waals surface area contributed by atoms with Gasteiger partial charge in [-0.2, -0.15) is 0 Å². The zero-order valence-electron chi connectivity index (χ0n) is 10.2. The third-order valence-corrected chi connectivity index (χ3v) is 2.48. The summed E-state index contributed by atoms with van der Waals surface area (Å²) in [5.41, 5.74) is 0. The lowest BCUT2D eigenvalue weighted by molar-refractivity contribution is -0.252. The molecule has 1 N–H and O–H groups in total. The Bertz CT molecular complexity index is 220. The van der Waals surface area contributed by atoms with Crippen LogP contribution in [0.3, 0.4) is 0 Å². The fourth-order valence-corrected chi connectivity index (χ4v) is 1.45. The average molecular weight is 231 g/mol. The molecule has 1 heterocycles. The summed E-state index contributed by atoms with van der Waals surface area (Å²) >= 11 is 0. The molecule has 0 amide bonds. The van der Waals surface area contributed by atoms with Crippen LogP contribution in [0.2, 0.25) is 0 Å². The molecule has 94 valence electrons. The lowest BCUT2D eigenvalue weighted by Crippen LogP contribution is -2.48. The Morgan fingerprint density at radius 3 is 2.62 bits per heavy atom. The van der Waals surface area contributed by atoms with Crippen molar-refractivity contribution in [2.45, 2.75) is 38.5 Å². The van der Waals surface area contributed by atoms with Gasteiger partial charge in [0, 0.05) is 6.42 Å². The Morgan fingerprint density at radius 2 is 2.06 bits per heavy atom. The van der Waals surface area contributed by atoms with Gasteiger partial charge in [0.15, 0.2) is 5.79 Å². The summed E-state index contributed by atoms with van der Waals surface area (Å²) in [6.07, 6.45) is 1.22. The summed E-state index contributed by atoms with van der Waals surface area (Å²) in [7, 11) is 1.40. The van der Waals surface area contributed by atoms with E-state index in [4.69, 9.17) is 9.47 Å². The Kier molecular flexibility index (Phi) is 5.18. The molecule has 0 atom stereocenters. The third kappa shape index (κ3) is 4.92. The number of carbonyl (C=O) groups is 1. The SMILES string of the molecule is COC(=O)CCCNC1COC(C)(C)OC1. The van der Waals surface area contributed by atoms with E-state index in [1.54, 1.807) is 0 Å². The molecule has 1 aliphatic rings. The fourth-order valence-electron chi connectivity index (χ4n) is 1.45. The first-order valence-electron chi connectivity index (χ1n) is 5.61. The average Bonchev–Trinajstić information content (AvgIpc) is 2.26. The van der Waals surface area contributed by atoms with Gasteiger partial charge in [0.05, 0.1) is 26.4 Å². The second-order valence-electron chi connectivity index (χ2n) is 4.35. The number of nitrogens with one attached hydrogen (secondary N) is 1. The molecule has 1 fully saturated rings. The van der Waals surface area contributed by atoms with Crippen molar-refractivity contribution in [1.82, 2.24) is 5.32 Å². The first-order valence-corrected chi connectivity index (χ1v) is 5.61. The van der Waals surface area contributed by atoms with Crippen LogP contribution in [0.1, 0.15) is 26.7 Å². The molecule has 0 spiro atoms. The van der Waals surface area contributed by atoms with Crippen molar-refractivity contribution >= 4 is 5.97 Å². The van der Waals surface area contributed by atoms with Crippen LogP contribution in [0.4, 0.5) is 0 Å². The number of carbonyl (C=O) groups excluding carboxylic acids is 1. The number of hydrogen-bond donors (Lipinski definition) is 1. The Labute approximate surface area is 96.4 Å². The van der Waals surface area contributed by atoms with E-state index in [-0.39, 0.29) is 12.0 Å². The lowest BCUT2D eigenvalue weighted by Gasteiger charge is -2.35. The summed E-state index contributed by atoms with van der Waals surface area (Å²) in [5.74, 6) is -0.636. The molecular formula is C11H21NO4. The smallest absolute Gasteiger partial charge is 0.305 e. The van der Waals surface area contributed by atoms with E-state index in [1.807, 2.05) is 13.8 Å². The van der Waals surface area contributed by atoms with Crippen LogP contribution in [-0.2, 0) is 19.0 Å². The van der Waals surface area contributed by atoms with Crippen LogP contribution in [0, 0.1) is 0 Å². The maximum Gasteiger partial charge on any atom is 0.305 e. The first-order chi connectivity index (χ1) is 7.53. The van der Waals surface area contributed by atoms with Gasteiger partial charge < -0.3 is 19.5 Å². The van der Waals surface area contributed by atoms with Gasteiger partial charge in [-0.3, -0.25) is 4.79 Å². The van der Waals surface area contributed by atoms with E-state index >= 15 is 0 Å². The van der Waals surface area contributed by atoms with Gasteiger partial charge in [0.25, 0.3) is 0 Å². The number of esters is 1. The van der Waals surface area contributed by atoms with Gasteiger partial charge in [-0.25, -0.2) is 0 Å². The van der Waals surface area contributed by atoms with Gasteiger partial charge in [0.1, 0.15) is 0 Å². The molecular weight excluding hydrogens is 210 g/mol. The van der Waals surface area contributed by atoms with Crippen LogP contribution < -0.4 is 5.32 Å². The minimum absolute atomic E-state index is 0.168. The molecule has 1 aliphatic heterocycles. The zero-order valence-corrected chi connectivity index (χ0v) is 10.2. The molecule has 5 nitrogen and oxygen atoms in total. The molecule has 0 radical (unpaired) electrons. The van der Waals surface area contributed by atoms with Crippen molar-refractivity contribution in [2.24, 2.45) is 0 Å². The fraction of sp³-hybridized carbons (Fsp3) is 0.909. The van der Waals surface area contributed by atoms with E-state index in [0.717, 1.165) is 13.0 Å². The summed E-state index contributed by atoms with van der Waals surface area (Å²) < 4.78 is 15.6. The topological polar surface area (TPSA) is 56.8 Å². The third-order valence-electron chi connectivity index (χ3n) is 2.48. The molecule has 0 aromatic carbocycles. The van der Waals surface area contributed by atoms with E-state index in [0.29, 0.717) is 19.6 Å². The second kappa shape index (κ2) is 6.18. The highest BCUT2D eigenvalue weighted by Crippen LogP contribution is 2.16. The Balaban J connectivity index is 2.04.